The minimum atomic E-state index is -0.283. The number of carbonyl (C=O) groups is 2. The van der Waals surface area contributed by atoms with Crippen molar-refractivity contribution in [3.8, 4) is 5.75 Å². The van der Waals surface area contributed by atoms with Crippen molar-refractivity contribution in [2.75, 3.05) is 13.7 Å². The number of hydrogen-bond donors (Lipinski definition) is 2. The molecule has 0 aliphatic heterocycles. The predicted octanol–water partition coefficient (Wildman–Crippen LogP) is 1.95. The van der Waals surface area contributed by atoms with Crippen molar-refractivity contribution in [2.45, 2.75) is 25.3 Å². The van der Waals surface area contributed by atoms with Crippen LogP contribution in [-0.4, -0.2) is 36.5 Å². The third-order valence-corrected chi connectivity index (χ3v) is 3.99. The van der Waals surface area contributed by atoms with E-state index in [4.69, 9.17) is 4.74 Å². The molecule has 2 N–H and O–H groups in total. The Morgan fingerprint density at radius 1 is 1.08 bits per heavy atom. The average molecular weight is 339 g/mol. The summed E-state index contributed by atoms with van der Waals surface area (Å²) < 4.78 is 5.12. The molecule has 1 heterocycles. The van der Waals surface area contributed by atoms with E-state index >= 15 is 0 Å². The predicted molar refractivity (Wildman–Crippen MR) is 93.8 cm³/mol. The van der Waals surface area contributed by atoms with Gasteiger partial charge in [0.2, 0.25) is 0 Å². The molecule has 1 fully saturated rings. The number of methoxy groups -OCH3 is 1. The van der Waals surface area contributed by atoms with Gasteiger partial charge in [0.05, 0.1) is 7.11 Å². The lowest BCUT2D eigenvalue weighted by molar-refractivity contribution is 0.0943. The fraction of sp³-hybridized carbons (Fsp3) is 0.316. The van der Waals surface area contributed by atoms with Crippen LogP contribution in [0.25, 0.3) is 0 Å². The normalized spacial score (nSPS) is 13.2. The monoisotopic (exact) mass is 339 g/mol. The van der Waals surface area contributed by atoms with E-state index in [1.807, 2.05) is 24.3 Å². The molecule has 1 aromatic carbocycles. The van der Waals surface area contributed by atoms with Crippen LogP contribution in [-0.2, 0) is 6.42 Å². The van der Waals surface area contributed by atoms with Crippen LogP contribution in [0.4, 0.5) is 0 Å². The van der Waals surface area contributed by atoms with Crippen molar-refractivity contribution in [1.29, 1.82) is 0 Å². The van der Waals surface area contributed by atoms with Crippen LogP contribution in [0, 0.1) is 0 Å². The average Bonchev–Trinajstić information content (AvgIpc) is 3.46. The van der Waals surface area contributed by atoms with Gasteiger partial charge in [-0.05, 0) is 49.1 Å². The molecule has 1 aliphatic rings. The summed E-state index contributed by atoms with van der Waals surface area (Å²) in [5, 5.41) is 5.70. The van der Waals surface area contributed by atoms with Crippen molar-refractivity contribution >= 4 is 11.8 Å². The van der Waals surface area contributed by atoms with E-state index in [1.54, 1.807) is 25.3 Å². The zero-order chi connectivity index (χ0) is 17.6. The Kier molecular flexibility index (Phi) is 5.28. The maximum Gasteiger partial charge on any atom is 0.270 e. The highest BCUT2D eigenvalue weighted by Crippen LogP contribution is 2.19. The second-order valence-electron chi connectivity index (χ2n) is 6.01. The van der Waals surface area contributed by atoms with Gasteiger partial charge in [-0.3, -0.25) is 9.59 Å². The summed E-state index contributed by atoms with van der Waals surface area (Å²) in [5.41, 5.74) is 1.62. The minimum absolute atomic E-state index is 0.226. The number of pyridine rings is 1. The van der Waals surface area contributed by atoms with Gasteiger partial charge in [-0.25, -0.2) is 4.98 Å². The Morgan fingerprint density at radius 2 is 1.76 bits per heavy atom. The van der Waals surface area contributed by atoms with E-state index in [-0.39, 0.29) is 29.2 Å². The molecule has 2 amide bonds. The van der Waals surface area contributed by atoms with Crippen LogP contribution in [0.1, 0.15) is 39.4 Å². The first kappa shape index (κ1) is 17.0. The maximum absolute atomic E-state index is 12.2. The second kappa shape index (κ2) is 7.79. The fourth-order valence-corrected chi connectivity index (χ4v) is 2.38. The van der Waals surface area contributed by atoms with Gasteiger partial charge in [0.1, 0.15) is 17.1 Å². The minimum Gasteiger partial charge on any atom is -0.497 e. The number of rotatable bonds is 7. The Hall–Kier alpha value is -2.89. The first-order valence-electron chi connectivity index (χ1n) is 8.35. The van der Waals surface area contributed by atoms with E-state index in [9.17, 15) is 9.59 Å². The SMILES string of the molecule is COc1ccc(CCNC(=O)c2cccc(C(=O)NC3CC3)n2)cc1. The lowest BCUT2D eigenvalue weighted by Crippen LogP contribution is -2.29. The summed E-state index contributed by atoms with van der Waals surface area (Å²) in [6.45, 7) is 0.491. The van der Waals surface area contributed by atoms with Gasteiger partial charge in [-0.2, -0.15) is 0 Å². The van der Waals surface area contributed by atoms with E-state index in [0.717, 1.165) is 24.2 Å². The number of hydrogen-bond acceptors (Lipinski definition) is 4. The molecule has 2 aromatic rings. The van der Waals surface area contributed by atoms with Gasteiger partial charge >= 0.3 is 0 Å². The quantitative estimate of drug-likeness (QED) is 0.808. The lowest BCUT2D eigenvalue weighted by atomic mass is 10.1. The van der Waals surface area contributed by atoms with Crippen molar-refractivity contribution in [1.82, 2.24) is 15.6 Å². The number of amides is 2. The Balaban J connectivity index is 1.52. The van der Waals surface area contributed by atoms with Crippen molar-refractivity contribution in [3.63, 3.8) is 0 Å². The van der Waals surface area contributed by atoms with Crippen LogP contribution < -0.4 is 15.4 Å². The molecule has 0 atom stereocenters. The molecule has 0 radical (unpaired) electrons. The van der Waals surface area contributed by atoms with Gasteiger partial charge in [0, 0.05) is 12.6 Å². The molecule has 6 heteroatoms. The number of aromatic nitrogens is 1. The maximum atomic E-state index is 12.2. The van der Waals surface area contributed by atoms with E-state index in [1.165, 1.54) is 0 Å². The highest BCUT2D eigenvalue weighted by Gasteiger charge is 2.24. The molecular formula is C19H21N3O3. The fourth-order valence-electron chi connectivity index (χ4n) is 2.38. The van der Waals surface area contributed by atoms with Gasteiger partial charge in [0.15, 0.2) is 0 Å². The molecule has 0 spiro atoms. The molecular weight excluding hydrogens is 318 g/mol. The van der Waals surface area contributed by atoms with Crippen molar-refractivity contribution in [3.05, 3.63) is 59.4 Å². The Morgan fingerprint density at radius 3 is 2.40 bits per heavy atom. The standard InChI is InChI=1S/C19H21N3O3/c1-25-15-9-5-13(6-10-15)11-12-20-18(23)16-3-2-4-17(22-16)19(24)21-14-7-8-14/h2-6,9-10,14H,7-8,11-12H2,1H3,(H,20,23)(H,21,24). The number of carbonyl (C=O) groups excluding carboxylic acids is 2. The zero-order valence-corrected chi connectivity index (χ0v) is 14.1. The van der Waals surface area contributed by atoms with Gasteiger partial charge in [-0.15, -0.1) is 0 Å². The Bertz CT molecular complexity index is 755. The zero-order valence-electron chi connectivity index (χ0n) is 14.1. The number of nitrogens with zero attached hydrogens (tertiary/aromatic N) is 1. The first-order valence-corrected chi connectivity index (χ1v) is 8.35. The summed E-state index contributed by atoms with van der Waals surface area (Å²) in [6, 6.07) is 12.9. The highest BCUT2D eigenvalue weighted by atomic mass is 16.5. The van der Waals surface area contributed by atoms with E-state index < -0.39 is 0 Å². The highest BCUT2D eigenvalue weighted by molar-refractivity contribution is 5.96. The van der Waals surface area contributed by atoms with Crippen LogP contribution in [0.2, 0.25) is 0 Å². The van der Waals surface area contributed by atoms with Crippen molar-refractivity contribution < 1.29 is 14.3 Å². The van der Waals surface area contributed by atoms with Crippen LogP contribution in [0.5, 0.6) is 5.75 Å². The second-order valence-corrected chi connectivity index (χ2v) is 6.01. The molecule has 130 valence electrons. The molecule has 1 aliphatic carbocycles. The molecule has 3 rings (SSSR count). The smallest absolute Gasteiger partial charge is 0.270 e. The summed E-state index contributed by atoms with van der Waals surface area (Å²) >= 11 is 0. The Labute approximate surface area is 146 Å². The molecule has 1 aromatic heterocycles. The van der Waals surface area contributed by atoms with E-state index in [0.29, 0.717) is 13.0 Å². The molecule has 0 saturated heterocycles. The number of nitrogens with one attached hydrogen (secondary N) is 2. The first-order chi connectivity index (χ1) is 12.2. The molecule has 0 unspecified atom stereocenters. The summed E-state index contributed by atoms with van der Waals surface area (Å²) in [7, 11) is 1.63. The summed E-state index contributed by atoms with van der Waals surface area (Å²) in [6.07, 6.45) is 2.73. The third-order valence-electron chi connectivity index (χ3n) is 3.99. The summed E-state index contributed by atoms with van der Waals surface area (Å²) in [5.74, 6) is 0.295. The largest absolute Gasteiger partial charge is 0.497 e. The topological polar surface area (TPSA) is 80.3 Å². The number of ether oxygens (including phenoxy) is 1. The molecule has 6 nitrogen and oxygen atoms in total. The van der Waals surface area contributed by atoms with Gasteiger partial charge in [-0.1, -0.05) is 18.2 Å². The van der Waals surface area contributed by atoms with Crippen LogP contribution >= 0.6 is 0 Å². The lowest BCUT2D eigenvalue weighted by Gasteiger charge is -2.07. The van der Waals surface area contributed by atoms with Crippen LogP contribution in [0.3, 0.4) is 0 Å². The number of benzene rings is 1. The summed E-state index contributed by atoms with van der Waals surface area (Å²) in [4.78, 5) is 28.4. The van der Waals surface area contributed by atoms with Gasteiger partial charge in [0.25, 0.3) is 11.8 Å². The van der Waals surface area contributed by atoms with Gasteiger partial charge < -0.3 is 15.4 Å². The van der Waals surface area contributed by atoms with E-state index in [2.05, 4.69) is 15.6 Å². The molecule has 1 saturated carbocycles. The van der Waals surface area contributed by atoms with Crippen molar-refractivity contribution in [2.24, 2.45) is 0 Å². The molecule has 0 bridgehead atoms. The third kappa shape index (κ3) is 4.79. The van der Waals surface area contributed by atoms with Crippen LogP contribution in [0.15, 0.2) is 42.5 Å². The molecule has 25 heavy (non-hydrogen) atoms.